The van der Waals surface area contributed by atoms with E-state index in [4.69, 9.17) is 0 Å². The summed E-state index contributed by atoms with van der Waals surface area (Å²) < 4.78 is 0. The fourth-order valence-electron chi connectivity index (χ4n) is 2.46. The average molecular weight is 332 g/mol. The number of benzene rings is 1. The summed E-state index contributed by atoms with van der Waals surface area (Å²) in [6, 6.07) is 7.11. The minimum atomic E-state index is -0.508. The number of hydrogen-bond acceptors (Lipinski definition) is 4. The molecule has 0 bridgehead atoms. The van der Waals surface area contributed by atoms with Gasteiger partial charge >= 0.3 is 0 Å². The fraction of sp³-hybridized carbons (Fsp3) is 0.556. The third-order valence-electron chi connectivity index (χ3n) is 4.02. The van der Waals surface area contributed by atoms with Crippen molar-refractivity contribution in [3.05, 3.63) is 29.8 Å². The second-order valence-corrected chi connectivity index (χ2v) is 7.10. The molecule has 6 heteroatoms. The second kappa shape index (κ2) is 8.26. The molecule has 1 aromatic rings. The quantitative estimate of drug-likeness (QED) is 0.760. The summed E-state index contributed by atoms with van der Waals surface area (Å²) >= 11 is 0. The van der Waals surface area contributed by atoms with Gasteiger partial charge in [-0.2, -0.15) is 0 Å². The van der Waals surface area contributed by atoms with Crippen molar-refractivity contribution in [3.8, 4) is 0 Å². The monoisotopic (exact) mass is 332 g/mol. The highest BCUT2D eigenvalue weighted by molar-refractivity contribution is 6.04. The van der Waals surface area contributed by atoms with Gasteiger partial charge in [-0.3, -0.25) is 14.5 Å². The Kier molecular flexibility index (Phi) is 6.34. The highest BCUT2D eigenvalue weighted by Crippen LogP contribution is 2.20. The lowest BCUT2D eigenvalue weighted by atomic mass is 9.95. The lowest BCUT2D eigenvalue weighted by Crippen LogP contribution is -2.46. The van der Waals surface area contributed by atoms with Crippen LogP contribution in [0.4, 0.5) is 5.69 Å². The van der Waals surface area contributed by atoms with Crippen LogP contribution in [0.25, 0.3) is 0 Å². The standard InChI is InChI=1S/C18H28N4O2/c1-18(2,3)17(24)21-15-7-5-4-6-14(15)16(23)20-10-13-22-11-8-19-9-12-22/h4-7,19H,8-13H2,1-3H3,(H,20,23)(H,21,24). The van der Waals surface area contributed by atoms with Gasteiger partial charge in [-0.25, -0.2) is 0 Å². The van der Waals surface area contributed by atoms with E-state index in [9.17, 15) is 9.59 Å². The Hall–Kier alpha value is -1.92. The van der Waals surface area contributed by atoms with Crippen molar-refractivity contribution in [2.45, 2.75) is 20.8 Å². The summed E-state index contributed by atoms with van der Waals surface area (Å²) in [7, 11) is 0. The van der Waals surface area contributed by atoms with Gasteiger partial charge in [0.15, 0.2) is 0 Å². The molecule has 1 aliphatic rings. The number of nitrogens with zero attached hydrogens (tertiary/aromatic N) is 1. The van der Waals surface area contributed by atoms with Crippen LogP contribution in [-0.2, 0) is 4.79 Å². The summed E-state index contributed by atoms with van der Waals surface area (Å²) in [4.78, 5) is 26.9. The first kappa shape index (κ1) is 18.4. The first-order valence-electron chi connectivity index (χ1n) is 8.49. The van der Waals surface area contributed by atoms with Crippen molar-refractivity contribution >= 4 is 17.5 Å². The minimum Gasteiger partial charge on any atom is -0.351 e. The molecule has 1 aliphatic heterocycles. The highest BCUT2D eigenvalue weighted by atomic mass is 16.2. The van der Waals surface area contributed by atoms with Crippen LogP contribution in [0.1, 0.15) is 31.1 Å². The van der Waals surface area contributed by atoms with Crippen LogP contribution in [0.15, 0.2) is 24.3 Å². The number of piperazine rings is 1. The van der Waals surface area contributed by atoms with E-state index in [1.807, 2.05) is 26.8 Å². The first-order valence-corrected chi connectivity index (χ1v) is 8.49. The van der Waals surface area contributed by atoms with Crippen molar-refractivity contribution in [1.29, 1.82) is 0 Å². The summed E-state index contributed by atoms with van der Waals surface area (Å²) in [6.45, 7) is 11.0. The molecule has 132 valence electrons. The van der Waals surface area contributed by atoms with E-state index >= 15 is 0 Å². The number of carbonyl (C=O) groups is 2. The number of nitrogens with one attached hydrogen (secondary N) is 3. The van der Waals surface area contributed by atoms with E-state index in [1.54, 1.807) is 18.2 Å². The van der Waals surface area contributed by atoms with Crippen molar-refractivity contribution in [2.75, 3.05) is 44.6 Å². The van der Waals surface area contributed by atoms with Crippen molar-refractivity contribution in [2.24, 2.45) is 5.41 Å². The van der Waals surface area contributed by atoms with Crippen LogP contribution in [0.2, 0.25) is 0 Å². The Bertz CT molecular complexity index is 575. The molecule has 0 radical (unpaired) electrons. The molecule has 24 heavy (non-hydrogen) atoms. The zero-order chi connectivity index (χ0) is 17.6. The molecular weight excluding hydrogens is 304 g/mol. The molecular formula is C18H28N4O2. The lowest BCUT2D eigenvalue weighted by molar-refractivity contribution is -0.123. The molecule has 6 nitrogen and oxygen atoms in total. The summed E-state index contributed by atoms with van der Waals surface area (Å²) in [6.07, 6.45) is 0. The molecule has 3 N–H and O–H groups in total. The van der Waals surface area contributed by atoms with Gasteiger partial charge in [-0.05, 0) is 12.1 Å². The Morgan fingerprint density at radius 1 is 1.17 bits per heavy atom. The van der Waals surface area contributed by atoms with Gasteiger partial charge in [0.05, 0.1) is 11.3 Å². The lowest BCUT2D eigenvalue weighted by Gasteiger charge is -2.27. The van der Waals surface area contributed by atoms with Gasteiger partial charge in [0.1, 0.15) is 0 Å². The van der Waals surface area contributed by atoms with Crippen LogP contribution >= 0.6 is 0 Å². The van der Waals surface area contributed by atoms with Crippen LogP contribution in [-0.4, -0.2) is 56.0 Å². The number of rotatable bonds is 5. The van der Waals surface area contributed by atoms with Crippen LogP contribution in [0.3, 0.4) is 0 Å². The maximum Gasteiger partial charge on any atom is 0.253 e. The summed E-state index contributed by atoms with van der Waals surface area (Å²) in [5.74, 6) is -0.265. The minimum absolute atomic E-state index is 0.108. The number of hydrogen-bond donors (Lipinski definition) is 3. The molecule has 0 atom stereocenters. The molecule has 1 aromatic carbocycles. The van der Waals surface area contributed by atoms with Crippen LogP contribution in [0, 0.1) is 5.41 Å². The first-order chi connectivity index (χ1) is 11.4. The molecule has 0 unspecified atom stereocenters. The van der Waals surface area contributed by atoms with E-state index in [1.165, 1.54) is 0 Å². The van der Waals surface area contributed by atoms with Gasteiger partial charge in [0.25, 0.3) is 5.91 Å². The molecule has 1 heterocycles. The maximum atomic E-state index is 12.4. The van der Waals surface area contributed by atoms with Gasteiger partial charge in [-0.1, -0.05) is 32.9 Å². The molecule has 2 rings (SSSR count). The Morgan fingerprint density at radius 3 is 2.50 bits per heavy atom. The van der Waals surface area contributed by atoms with Crippen molar-refractivity contribution in [1.82, 2.24) is 15.5 Å². The number of carbonyl (C=O) groups excluding carboxylic acids is 2. The number of anilines is 1. The largest absolute Gasteiger partial charge is 0.351 e. The molecule has 0 saturated carbocycles. The highest BCUT2D eigenvalue weighted by Gasteiger charge is 2.23. The normalized spacial score (nSPS) is 15.8. The van der Waals surface area contributed by atoms with E-state index in [-0.39, 0.29) is 11.8 Å². The number of amides is 2. The van der Waals surface area contributed by atoms with Gasteiger partial charge in [0.2, 0.25) is 5.91 Å². The fourth-order valence-corrected chi connectivity index (χ4v) is 2.46. The van der Waals surface area contributed by atoms with Gasteiger partial charge in [-0.15, -0.1) is 0 Å². The summed E-state index contributed by atoms with van der Waals surface area (Å²) in [5, 5.41) is 9.11. The molecule has 0 spiro atoms. The summed E-state index contributed by atoms with van der Waals surface area (Å²) in [5.41, 5.74) is 0.541. The topological polar surface area (TPSA) is 73.5 Å². The van der Waals surface area contributed by atoms with Gasteiger partial charge < -0.3 is 16.0 Å². The zero-order valence-electron chi connectivity index (χ0n) is 14.8. The van der Waals surface area contributed by atoms with Crippen molar-refractivity contribution in [3.63, 3.8) is 0 Å². The van der Waals surface area contributed by atoms with Gasteiger partial charge in [0, 0.05) is 44.7 Å². The SMILES string of the molecule is CC(C)(C)C(=O)Nc1ccccc1C(=O)NCCN1CCNCC1. The molecule has 2 amide bonds. The predicted molar refractivity (Wildman–Crippen MR) is 96.2 cm³/mol. The molecule has 0 aromatic heterocycles. The van der Waals surface area contributed by atoms with E-state index in [0.717, 1.165) is 32.7 Å². The molecule has 1 saturated heterocycles. The van der Waals surface area contributed by atoms with Crippen LogP contribution in [0.5, 0.6) is 0 Å². The Balaban J connectivity index is 1.92. The van der Waals surface area contributed by atoms with Crippen molar-refractivity contribution < 1.29 is 9.59 Å². The van der Waals surface area contributed by atoms with E-state index in [2.05, 4.69) is 20.9 Å². The third kappa shape index (κ3) is 5.32. The van der Waals surface area contributed by atoms with E-state index in [0.29, 0.717) is 17.8 Å². The number of para-hydroxylation sites is 1. The third-order valence-corrected chi connectivity index (χ3v) is 4.02. The second-order valence-electron chi connectivity index (χ2n) is 7.10. The average Bonchev–Trinajstić information content (AvgIpc) is 2.55. The Labute approximate surface area is 144 Å². The van der Waals surface area contributed by atoms with Crippen LogP contribution < -0.4 is 16.0 Å². The zero-order valence-corrected chi connectivity index (χ0v) is 14.8. The maximum absolute atomic E-state index is 12.4. The molecule has 1 fully saturated rings. The predicted octanol–water partition coefficient (Wildman–Crippen LogP) is 1.31. The molecule has 0 aliphatic carbocycles. The Morgan fingerprint density at radius 2 is 1.83 bits per heavy atom. The van der Waals surface area contributed by atoms with E-state index < -0.39 is 5.41 Å². The smallest absolute Gasteiger partial charge is 0.253 e.